The molecule has 1 aromatic carbocycles. The summed E-state index contributed by atoms with van der Waals surface area (Å²) in [6.45, 7) is 0.941. The fraction of sp³-hybridized carbons (Fsp3) is 0.214. The van der Waals surface area contributed by atoms with Gasteiger partial charge in [-0.05, 0) is 17.7 Å². The minimum atomic E-state index is 0.117. The first-order chi connectivity index (χ1) is 8.38. The number of rotatable bonds is 3. The van der Waals surface area contributed by atoms with Crippen LogP contribution < -0.4 is 0 Å². The molecule has 0 fully saturated rings. The third-order valence-corrected chi connectivity index (χ3v) is 2.35. The van der Waals surface area contributed by atoms with E-state index in [1.165, 1.54) is 5.56 Å². The predicted octanol–water partition coefficient (Wildman–Crippen LogP) is 1.67. The van der Waals surface area contributed by atoms with Crippen LogP contribution >= 0.6 is 0 Å². The van der Waals surface area contributed by atoms with Gasteiger partial charge in [-0.3, -0.25) is 0 Å². The van der Waals surface area contributed by atoms with Crippen LogP contribution in [-0.2, 0) is 6.54 Å². The topological polar surface area (TPSA) is 38.0 Å². The number of aliphatic hydroxyl groups excluding tert-OH is 1. The number of benzene rings is 1. The Kier molecular flexibility index (Phi) is 3.95. The molecule has 17 heavy (non-hydrogen) atoms. The van der Waals surface area contributed by atoms with Crippen molar-refractivity contribution in [2.45, 2.75) is 13.0 Å². The molecular weight excluding hydrogens is 212 g/mol. The number of imidazole rings is 1. The standard InChI is InChI=1S/C14H14N2O/c17-10-2-1-3-13-4-6-14(7-5-13)11-16-9-8-15-12-16/h4-9,12,17H,2,10-11H2. The van der Waals surface area contributed by atoms with E-state index < -0.39 is 0 Å². The summed E-state index contributed by atoms with van der Waals surface area (Å²) in [6, 6.07) is 8.11. The molecule has 2 aromatic rings. The highest BCUT2D eigenvalue weighted by Gasteiger charge is 1.94. The average Bonchev–Trinajstić information content (AvgIpc) is 2.85. The molecule has 1 N–H and O–H groups in total. The van der Waals surface area contributed by atoms with Crippen LogP contribution in [0.5, 0.6) is 0 Å². The Hall–Kier alpha value is -2.05. The van der Waals surface area contributed by atoms with Gasteiger partial charge in [0.1, 0.15) is 0 Å². The van der Waals surface area contributed by atoms with Crippen LogP contribution in [0.25, 0.3) is 0 Å². The summed E-state index contributed by atoms with van der Waals surface area (Å²) < 4.78 is 2.02. The summed E-state index contributed by atoms with van der Waals surface area (Å²) in [5.74, 6) is 5.90. The van der Waals surface area contributed by atoms with E-state index >= 15 is 0 Å². The summed E-state index contributed by atoms with van der Waals surface area (Å²) in [4.78, 5) is 4.00. The minimum absolute atomic E-state index is 0.117. The maximum Gasteiger partial charge on any atom is 0.0949 e. The Morgan fingerprint density at radius 3 is 2.71 bits per heavy atom. The second-order valence-corrected chi connectivity index (χ2v) is 3.71. The third kappa shape index (κ3) is 3.47. The van der Waals surface area contributed by atoms with Crippen molar-refractivity contribution in [2.24, 2.45) is 0 Å². The molecular formula is C14H14N2O. The van der Waals surface area contributed by atoms with Crippen LogP contribution in [0.1, 0.15) is 17.5 Å². The molecule has 3 nitrogen and oxygen atoms in total. The van der Waals surface area contributed by atoms with Gasteiger partial charge in [-0.15, -0.1) is 0 Å². The van der Waals surface area contributed by atoms with Gasteiger partial charge in [0.15, 0.2) is 0 Å². The molecule has 1 heterocycles. The lowest BCUT2D eigenvalue weighted by molar-refractivity contribution is 0.305. The van der Waals surface area contributed by atoms with Crippen molar-refractivity contribution in [3.05, 3.63) is 54.1 Å². The molecule has 0 unspecified atom stereocenters. The quantitative estimate of drug-likeness (QED) is 0.808. The zero-order valence-electron chi connectivity index (χ0n) is 9.50. The van der Waals surface area contributed by atoms with E-state index in [2.05, 4.69) is 29.0 Å². The van der Waals surface area contributed by atoms with E-state index in [-0.39, 0.29) is 6.61 Å². The second kappa shape index (κ2) is 5.88. The first kappa shape index (κ1) is 11.4. The molecule has 0 radical (unpaired) electrons. The number of aromatic nitrogens is 2. The Balaban J connectivity index is 2.01. The Bertz CT molecular complexity index is 503. The van der Waals surface area contributed by atoms with E-state index in [1.807, 2.05) is 22.9 Å². The molecule has 0 saturated heterocycles. The lowest BCUT2D eigenvalue weighted by atomic mass is 10.1. The summed E-state index contributed by atoms with van der Waals surface area (Å²) in [7, 11) is 0. The van der Waals surface area contributed by atoms with E-state index in [4.69, 9.17) is 5.11 Å². The highest BCUT2D eigenvalue weighted by Crippen LogP contribution is 2.05. The summed E-state index contributed by atoms with van der Waals surface area (Å²) in [6.07, 6.45) is 6.04. The van der Waals surface area contributed by atoms with E-state index in [9.17, 15) is 0 Å². The molecule has 2 rings (SSSR count). The first-order valence-electron chi connectivity index (χ1n) is 5.53. The van der Waals surface area contributed by atoms with E-state index in [0.717, 1.165) is 12.1 Å². The molecule has 0 saturated carbocycles. The van der Waals surface area contributed by atoms with Crippen LogP contribution in [0.3, 0.4) is 0 Å². The van der Waals surface area contributed by atoms with Gasteiger partial charge >= 0.3 is 0 Å². The van der Waals surface area contributed by atoms with Gasteiger partial charge in [0.05, 0.1) is 12.9 Å². The first-order valence-corrected chi connectivity index (χ1v) is 5.53. The molecule has 0 aliphatic carbocycles. The number of hydrogen-bond acceptors (Lipinski definition) is 2. The molecule has 0 atom stereocenters. The van der Waals surface area contributed by atoms with E-state index in [1.54, 1.807) is 12.5 Å². The Labute approximate surface area is 101 Å². The van der Waals surface area contributed by atoms with E-state index in [0.29, 0.717) is 6.42 Å². The van der Waals surface area contributed by atoms with Crippen molar-refractivity contribution < 1.29 is 5.11 Å². The maximum absolute atomic E-state index is 8.62. The van der Waals surface area contributed by atoms with Crippen LogP contribution in [0, 0.1) is 11.8 Å². The van der Waals surface area contributed by atoms with Crippen LogP contribution in [0.15, 0.2) is 43.0 Å². The van der Waals surface area contributed by atoms with Gasteiger partial charge in [0, 0.05) is 30.9 Å². The maximum atomic E-state index is 8.62. The lowest BCUT2D eigenvalue weighted by Crippen LogP contribution is -1.95. The molecule has 0 spiro atoms. The van der Waals surface area contributed by atoms with Gasteiger partial charge in [-0.2, -0.15) is 0 Å². The van der Waals surface area contributed by atoms with Crippen molar-refractivity contribution in [1.29, 1.82) is 0 Å². The van der Waals surface area contributed by atoms with Gasteiger partial charge in [0.25, 0.3) is 0 Å². The third-order valence-electron chi connectivity index (χ3n) is 2.35. The summed E-state index contributed by atoms with van der Waals surface area (Å²) in [5, 5.41) is 8.62. The van der Waals surface area contributed by atoms with Gasteiger partial charge < -0.3 is 9.67 Å². The van der Waals surface area contributed by atoms with Crippen molar-refractivity contribution in [2.75, 3.05) is 6.61 Å². The molecule has 0 bridgehead atoms. The smallest absolute Gasteiger partial charge is 0.0949 e. The normalized spacial score (nSPS) is 9.71. The van der Waals surface area contributed by atoms with Crippen molar-refractivity contribution >= 4 is 0 Å². The van der Waals surface area contributed by atoms with Crippen LogP contribution in [0.2, 0.25) is 0 Å². The molecule has 0 aliphatic heterocycles. The fourth-order valence-electron chi connectivity index (χ4n) is 1.51. The lowest BCUT2D eigenvalue weighted by Gasteiger charge is -2.02. The number of hydrogen-bond donors (Lipinski definition) is 1. The molecule has 86 valence electrons. The average molecular weight is 226 g/mol. The molecule has 1 aromatic heterocycles. The van der Waals surface area contributed by atoms with Crippen molar-refractivity contribution in [3.8, 4) is 11.8 Å². The molecule has 0 amide bonds. The number of aliphatic hydroxyl groups is 1. The minimum Gasteiger partial charge on any atom is -0.395 e. The summed E-state index contributed by atoms with van der Waals surface area (Å²) >= 11 is 0. The summed E-state index contributed by atoms with van der Waals surface area (Å²) in [5.41, 5.74) is 2.20. The molecule has 0 aliphatic rings. The number of nitrogens with zero attached hydrogens (tertiary/aromatic N) is 2. The zero-order chi connectivity index (χ0) is 11.9. The largest absolute Gasteiger partial charge is 0.395 e. The monoisotopic (exact) mass is 226 g/mol. The zero-order valence-corrected chi connectivity index (χ0v) is 9.50. The van der Waals surface area contributed by atoms with Crippen LogP contribution in [0.4, 0.5) is 0 Å². The SMILES string of the molecule is OCCC#Cc1ccc(Cn2ccnc2)cc1. The van der Waals surface area contributed by atoms with Crippen LogP contribution in [-0.4, -0.2) is 21.3 Å². The van der Waals surface area contributed by atoms with Gasteiger partial charge in [-0.1, -0.05) is 24.0 Å². The molecule has 3 heteroatoms. The van der Waals surface area contributed by atoms with Gasteiger partial charge in [-0.25, -0.2) is 4.98 Å². The van der Waals surface area contributed by atoms with Crippen molar-refractivity contribution in [1.82, 2.24) is 9.55 Å². The van der Waals surface area contributed by atoms with Gasteiger partial charge in [0.2, 0.25) is 0 Å². The Morgan fingerprint density at radius 1 is 1.24 bits per heavy atom. The second-order valence-electron chi connectivity index (χ2n) is 3.71. The van der Waals surface area contributed by atoms with Crippen molar-refractivity contribution in [3.63, 3.8) is 0 Å². The predicted molar refractivity (Wildman–Crippen MR) is 66.4 cm³/mol. The fourth-order valence-corrected chi connectivity index (χ4v) is 1.51. The highest BCUT2D eigenvalue weighted by atomic mass is 16.2. The highest BCUT2D eigenvalue weighted by molar-refractivity contribution is 5.36. The Morgan fingerprint density at radius 2 is 2.06 bits per heavy atom.